The monoisotopic (exact) mass is 395 g/mol. The average molecular weight is 396 g/mol. The Morgan fingerprint density at radius 1 is 1.11 bits per heavy atom. The van der Waals surface area contributed by atoms with Crippen LogP contribution in [0.1, 0.15) is 19.4 Å². The zero-order valence-corrected chi connectivity index (χ0v) is 16.6. The summed E-state index contributed by atoms with van der Waals surface area (Å²) < 4.78 is 5.38. The van der Waals surface area contributed by atoms with Crippen LogP contribution in [0.3, 0.4) is 0 Å². The third-order valence-corrected chi connectivity index (χ3v) is 5.88. The van der Waals surface area contributed by atoms with Gasteiger partial charge in [0, 0.05) is 10.7 Å². The molecule has 4 unspecified atom stereocenters. The van der Waals surface area contributed by atoms with Gasteiger partial charge in [-0.3, -0.25) is 9.59 Å². The minimum Gasteiger partial charge on any atom is -0.466 e. The molecule has 0 aromatic heterocycles. The van der Waals surface area contributed by atoms with Crippen molar-refractivity contribution in [2.45, 2.75) is 19.9 Å². The van der Waals surface area contributed by atoms with Crippen LogP contribution in [-0.2, 0) is 14.3 Å². The number of nitrogens with zero attached hydrogens (tertiary/aromatic N) is 1. The largest absolute Gasteiger partial charge is 0.466 e. The van der Waals surface area contributed by atoms with E-state index in [1.165, 1.54) is 0 Å². The van der Waals surface area contributed by atoms with Gasteiger partial charge in [-0.2, -0.15) is 0 Å². The molecule has 5 heteroatoms. The fraction of sp³-hybridized carbons (Fsp3) is 0.304. The van der Waals surface area contributed by atoms with Crippen molar-refractivity contribution >= 4 is 34.7 Å². The lowest BCUT2D eigenvalue weighted by molar-refractivity contribution is -0.151. The second-order valence-electron chi connectivity index (χ2n) is 7.28. The number of benzene rings is 2. The predicted molar refractivity (Wildman–Crippen MR) is 110 cm³/mol. The number of esters is 1. The summed E-state index contributed by atoms with van der Waals surface area (Å²) in [6.07, 6.45) is 2.13. The van der Waals surface area contributed by atoms with E-state index in [4.69, 9.17) is 16.3 Å². The summed E-state index contributed by atoms with van der Waals surface area (Å²) in [5.74, 6) is -1.37. The van der Waals surface area contributed by atoms with Crippen LogP contribution in [0.15, 0.2) is 60.7 Å². The minimum absolute atomic E-state index is 0.0416. The van der Waals surface area contributed by atoms with E-state index in [1.54, 1.807) is 24.0 Å². The highest BCUT2D eigenvalue weighted by Gasteiger charge is 2.58. The fourth-order valence-corrected chi connectivity index (χ4v) is 4.61. The number of halogens is 1. The van der Waals surface area contributed by atoms with Crippen LogP contribution in [-0.4, -0.2) is 24.5 Å². The zero-order chi connectivity index (χ0) is 19.8. The molecule has 4 rings (SSSR count). The molecule has 1 saturated heterocycles. The number of hydrogen-bond donors (Lipinski definition) is 0. The van der Waals surface area contributed by atoms with E-state index in [9.17, 15) is 9.59 Å². The molecule has 0 spiro atoms. The molecule has 2 bridgehead atoms. The van der Waals surface area contributed by atoms with Gasteiger partial charge in [0.05, 0.1) is 24.5 Å². The molecular formula is C23H22ClNO3. The molecule has 1 fully saturated rings. The van der Waals surface area contributed by atoms with Gasteiger partial charge in [0.15, 0.2) is 0 Å². The second-order valence-corrected chi connectivity index (χ2v) is 7.72. The highest BCUT2D eigenvalue weighted by atomic mass is 35.5. The van der Waals surface area contributed by atoms with Crippen molar-refractivity contribution < 1.29 is 14.3 Å². The van der Waals surface area contributed by atoms with E-state index in [0.29, 0.717) is 11.6 Å². The number of ether oxygens (including phenoxy) is 1. The van der Waals surface area contributed by atoms with E-state index in [1.807, 2.05) is 49.4 Å². The first-order chi connectivity index (χ1) is 13.5. The van der Waals surface area contributed by atoms with Crippen molar-refractivity contribution in [3.05, 3.63) is 71.3 Å². The smallest absolute Gasteiger partial charge is 0.312 e. The van der Waals surface area contributed by atoms with E-state index < -0.39 is 17.9 Å². The van der Waals surface area contributed by atoms with Crippen LogP contribution in [0.2, 0.25) is 5.02 Å². The maximum atomic E-state index is 13.4. The van der Waals surface area contributed by atoms with Gasteiger partial charge in [-0.05, 0) is 48.2 Å². The molecule has 4 atom stereocenters. The minimum atomic E-state index is -0.529. The highest BCUT2D eigenvalue weighted by molar-refractivity contribution is 6.30. The number of fused-ring (bicyclic) bond motifs is 2. The van der Waals surface area contributed by atoms with E-state index >= 15 is 0 Å². The molecule has 1 aliphatic heterocycles. The second kappa shape index (κ2) is 7.44. The van der Waals surface area contributed by atoms with Crippen molar-refractivity contribution in [1.29, 1.82) is 0 Å². The third kappa shape index (κ3) is 3.02. The van der Waals surface area contributed by atoms with E-state index in [0.717, 1.165) is 16.8 Å². The average Bonchev–Trinajstić information content (AvgIpc) is 2.95. The number of rotatable bonds is 4. The van der Waals surface area contributed by atoms with Gasteiger partial charge in [0.2, 0.25) is 5.91 Å². The van der Waals surface area contributed by atoms with Crippen molar-refractivity contribution in [2.24, 2.45) is 17.8 Å². The van der Waals surface area contributed by atoms with Gasteiger partial charge >= 0.3 is 5.97 Å². The molecule has 1 amide bonds. The van der Waals surface area contributed by atoms with Crippen LogP contribution in [0.5, 0.6) is 0 Å². The summed E-state index contributed by atoms with van der Waals surface area (Å²) in [6, 6.07) is 16.7. The SMILES string of the molecule is CCOC(=O)C1C2C(=O)N(c3ccc(Cl)cc3)C1C(c1ccccc1)=CC2C. The van der Waals surface area contributed by atoms with Gasteiger partial charge in [-0.25, -0.2) is 0 Å². The summed E-state index contributed by atoms with van der Waals surface area (Å²) in [5, 5.41) is 0.604. The molecule has 4 nitrogen and oxygen atoms in total. The first-order valence-corrected chi connectivity index (χ1v) is 9.93. The number of hydrogen-bond acceptors (Lipinski definition) is 3. The molecule has 1 aliphatic carbocycles. The molecule has 1 heterocycles. The Morgan fingerprint density at radius 2 is 1.79 bits per heavy atom. The lowest BCUT2D eigenvalue weighted by Gasteiger charge is -2.33. The Hall–Kier alpha value is -2.59. The number of anilines is 1. The summed E-state index contributed by atoms with van der Waals surface area (Å²) in [7, 11) is 0. The zero-order valence-electron chi connectivity index (χ0n) is 15.8. The molecule has 2 aliphatic rings. The van der Waals surface area contributed by atoms with Gasteiger partial charge in [-0.1, -0.05) is 54.9 Å². The van der Waals surface area contributed by atoms with Crippen molar-refractivity contribution in [1.82, 2.24) is 0 Å². The van der Waals surface area contributed by atoms with Crippen LogP contribution >= 0.6 is 11.6 Å². The maximum absolute atomic E-state index is 13.4. The van der Waals surface area contributed by atoms with Gasteiger partial charge in [-0.15, -0.1) is 0 Å². The first kappa shape index (κ1) is 18.8. The normalized spacial score (nSPS) is 26.2. The highest BCUT2D eigenvalue weighted by Crippen LogP contribution is 2.49. The van der Waals surface area contributed by atoms with Crippen LogP contribution < -0.4 is 4.90 Å². The van der Waals surface area contributed by atoms with Crippen LogP contribution in [0, 0.1) is 17.8 Å². The fourth-order valence-electron chi connectivity index (χ4n) is 4.48. The molecule has 2 aromatic carbocycles. The van der Waals surface area contributed by atoms with Crippen LogP contribution in [0.4, 0.5) is 5.69 Å². The third-order valence-electron chi connectivity index (χ3n) is 5.63. The number of allylic oxidation sites excluding steroid dienone is 1. The summed E-state index contributed by atoms with van der Waals surface area (Å²) in [6.45, 7) is 4.08. The lowest BCUT2D eigenvalue weighted by Crippen LogP contribution is -2.40. The lowest BCUT2D eigenvalue weighted by atomic mass is 9.72. The number of amides is 1. The maximum Gasteiger partial charge on any atom is 0.312 e. The molecule has 2 aromatic rings. The summed E-state index contributed by atoms with van der Waals surface area (Å²) in [4.78, 5) is 28.1. The van der Waals surface area contributed by atoms with E-state index in [-0.39, 0.29) is 17.8 Å². The van der Waals surface area contributed by atoms with Crippen molar-refractivity contribution in [3.8, 4) is 0 Å². The van der Waals surface area contributed by atoms with Gasteiger partial charge in [0.25, 0.3) is 0 Å². The molecule has 144 valence electrons. The number of carbonyl (C=O) groups is 2. The number of carbonyl (C=O) groups excluding carboxylic acids is 2. The van der Waals surface area contributed by atoms with Crippen LogP contribution in [0.25, 0.3) is 5.57 Å². The quantitative estimate of drug-likeness (QED) is 0.711. The van der Waals surface area contributed by atoms with Crippen molar-refractivity contribution in [3.63, 3.8) is 0 Å². The predicted octanol–water partition coefficient (Wildman–Crippen LogP) is 4.58. The molecule has 0 saturated carbocycles. The summed E-state index contributed by atoms with van der Waals surface area (Å²) in [5.41, 5.74) is 2.75. The molecule has 28 heavy (non-hydrogen) atoms. The molecule has 0 radical (unpaired) electrons. The molecular weight excluding hydrogens is 374 g/mol. The van der Waals surface area contributed by atoms with Crippen molar-refractivity contribution in [2.75, 3.05) is 11.5 Å². The Kier molecular flexibility index (Phi) is 4.98. The topological polar surface area (TPSA) is 46.6 Å². The first-order valence-electron chi connectivity index (χ1n) is 9.55. The Morgan fingerprint density at radius 3 is 2.43 bits per heavy atom. The standard InChI is InChI=1S/C23H22ClNO3/c1-3-28-23(27)20-19-14(2)13-18(15-7-5-4-6-8-15)21(20)25(22(19)26)17-11-9-16(24)10-12-17/h4-14,19-21H,3H2,1-2H3. The summed E-state index contributed by atoms with van der Waals surface area (Å²) >= 11 is 6.05. The Balaban J connectivity index is 1.87. The van der Waals surface area contributed by atoms with Gasteiger partial charge < -0.3 is 9.64 Å². The Labute approximate surface area is 169 Å². The molecule has 0 N–H and O–H groups in total. The van der Waals surface area contributed by atoms with Gasteiger partial charge in [0.1, 0.15) is 0 Å². The van der Waals surface area contributed by atoms with E-state index in [2.05, 4.69) is 6.08 Å². The Bertz CT molecular complexity index is 923.